The van der Waals surface area contributed by atoms with Crippen LogP contribution in [0, 0.1) is 5.82 Å². The highest BCUT2D eigenvalue weighted by atomic mass is 32.2. The second kappa shape index (κ2) is 11.7. The van der Waals surface area contributed by atoms with Crippen molar-refractivity contribution in [3.05, 3.63) is 78.1 Å². The van der Waals surface area contributed by atoms with Gasteiger partial charge in [-0.3, -0.25) is 9.59 Å². The monoisotopic (exact) mass is 524 g/mol. The molecule has 0 aromatic heterocycles. The van der Waals surface area contributed by atoms with E-state index in [9.17, 15) is 14.0 Å². The maximum Gasteiger partial charge on any atom is 0.303 e. The predicted octanol–water partition coefficient (Wildman–Crippen LogP) is 5.30. The Bertz CT molecular complexity index is 1270. The molecule has 0 spiro atoms. The van der Waals surface area contributed by atoms with Gasteiger partial charge >= 0.3 is 5.97 Å². The van der Waals surface area contributed by atoms with Crippen LogP contribution in [-0.2, 0) is 14.3 Å². The highest BCUT2D eigenvalue weighted by Gasteiger charge is 2.41. The number of benzene rings is 3. The molecule has 0 fully saturated rings. The van der Waals surface area contributed by atoms with Gasteiger partial charge in [0.05, 0.1) is 18.0 Å². The molecule has 2 unspecified atom stereocenters. The smallest absolute Gasteiger partial charge is 0.303 e. The Labute approximate surface area is 220 Å². The average molecular weight is 525 g/mol. The van der Waals surface area contributed by atoms with E-state index in [0.29, 0.717) is 35.8 Å². The molecule has 1 aliphatic heterocycles. The second-order valence-electron chi connectivity index (χ2n) is 8.80. The van der Waals surface area contributed by atoms with Gasteiger partial charge < -0.3 is 24.0 Å². The van der Waals surface area contributed by atoms with Gasteiger partial charge in [0.25, 0.3) is 5.91 Å². The summed E-state index contributed by atoms with van der Waals surface area (Å²) in [5, 5.41) is -0.702. The number of carbonyl (C=O) groups excluding carboxylic acids is 2. The fourth-order valence-electron chi connectivity index (χ4n) is 4.02. The van der Waals surface area contributed by atoms with Crippen LogP contribution < -0.4 is 14.4 Å². The van der Waals surface area contributed by atoms with Gasteiger partial charge in [0.1, 0.15) is 11.5 Å². The third kappa shape index (κ3) is 6.23. The number of methoxy groups -OCH3 is 1. The van der Waals surface area contributed by atoms with Crippen LogP contribution in [0.4, 0.5) is 10.1 Å². The van der Waals surface area contributed by atoms with Crippen LogP contribution in [0.3, 0.4) is 0 Å². The summed E-state index contributed by atoms with van der Waals surface area (Å²) in [7, 11) is 5.22. The van der Waals surface area contributed by atoms with E-state index in [-0.39, 0.29) is 11.7 Å². The van der Waals surface area contributed by atoms with E-state index < -0.39 is 23.1 Å². The van der Waals surface area contributed by atoms with Gasteiger partial charge in [-0.05, 0) is 62.1 Å². The van der Waals surface area contributed by atoms with Crippen molar-refractivity contribution < 1.29 is 28.2 Å². The number of nitrogens with zero attached hydrogens (tertiary/aromatic N) is 2. The molecule has 0 saturated heterocycles. The van der Waals surface area contributed by atoms with Crippen LogP contribution in [0.5, 0.6) is 17.2 Å². The molecule has 0 radical (unpaired) electrons. The topological polar surface area (TPSA) is 68.3 Å². The third-order valence-corrected chi connectivity index (χ3v) is 7.16. The lowest BCUT2D eigenvalue weighted by molar-refractivity contribution is -0.152. The van der Waals surface area contributed by atoms with E-state index >= 15 is 0 Å². The summed E-state index contributed by atoms with van der Waals surface area (Å²) in [6.07, 6.45) is -1.16. The number of halogens is 1. The van der Waals surface area contributed by atoms with Gasteiger partial charge in [-0.1, -0.05) is 24.3 Å². The molecule has 1 aliphatic rings. The minimum absolute atomic E-state index is 0.0873. The average Bonchev–Trinajstić information content (AvgIpc) is 2.97. The van der Waals surface area contributed by atoms with Crippen LogP contribution >= 0.6 is 11.8 Å². The summed E-state index contributed by atoms with van der Waals surface area (Å²) in [6, 6.07) is 19.4. The van der Waals surface area contributed by atoms with Gasteiger partial charge in [0, 0.05) is 24.9 Å². The van der Waals surface area contributed by atoms with Gasteiger partial charge in [0.15, 0.2) is 17.7 Å². The van der Waals surface area contributed by atoms with Crippen LogP contribution in [0.1, 0.15) is 17.7 Å². The zero-order valence-corrected chi connectivity index (χ0v) is 22.0. The molecular weight excluding hydrogens is 495 g/mol. The van der Waals surface area contributed by atoms with Crippen LogP contribution in [0.15, 0.2) is 71.6 Å². The number of para-hydroxylation sites is 1. The number of anilines is 1. The van der Waals surface area contributed by atoms with E-state index in [0.717, 1.165) is 4.90 Å². The summed E-state index contributed by atoms with van der Waals surface area (Å²) in [5.41, 5.74) is 1.17. The first kappa shape index (κ1) is 26.5. The Balaban J connectivity index is 1.81. The second-order valence-corrected chi connectivity index (χ2v) is 9.98. The molecule has 9 heteroatoms. The Kier molecular flexibility index (Phi) is 8.35. The molecule has 0 N–H and O–H groups in total. The quantitative estimate of drug-likeness (QED) is 0.371. The molecule has 194 valence electrons. The molecule has 0 bridgehead atoms. The number of amides is 1. The van der Waals surface area contributed by atoms with Gasteiger partial charge in [-0.2, -0.15) is 0 Å². The molecule has 0 saturated carbocycles. The minimum Gasteiger partial charge on any atom is -0.494 e. The zero-order valence-electron chi connectivity index (χ0n) is 21.1. The number of rotatable bonds is 8. The maximum atomic E-state index is 14.7. The number of likely N-dealkylation sites (N-methyl/N-ethyl adjacent to an activating group) is 1. The van der Waals surface area contributed by atoms with E-state index in [1.54, 1.807) is 17.0 Å². The first-order chi connectivity index (χ1) is 17.8. The maximum absolute atomic E-state index is 14.7. The lowest BCUT2D eigenvalue weighted by Gasteiger charge is -2.28. The normalized spacial score (nSPS) is 17.2. The van der Waals surface area contributed by atoms with Crippen molar-refractivity contribution in [2.45, 2.75) is 23.2 Å². The molecule has 0 aliphatic carbocycles. The number of carbonyl (C=O) groups is 2. The molecule has 2 atom stereocenters. The van der Waals surface area contributed by atoms with Gasteiger partial charge in [-0.25, -0.2) is 4.39 Å². The van der Waals surface area contributed by atoms with Crippen molar-refractivity contribution in [2.24, 2.45) is 0 Å². The Morgan fingerprint density at radius 3 is 2.46 bits per heavy atom. The molecule has 1 heterocycles. The largest absolute Gasteiger partial charge is 0.494 e. The highest BCUT2D eigenvalue weighted by molar-refractivity contribution is 7.99. The molecule has 3 aromatic rings. The Hall–Kier alpha value is -3.56. The predicted molar refractivity (Wildman–Crippen MR) is 141 cm³/mol. The van der Waals surface area contributed by atoms with Gasteiger partial charge in [-0.15, -0.1) is 11.8 Å². The summed E-state index contributed by atoms with van der Waals surface area (Å²) < 4.78 is 31.4. The Morgan fingerprint density at radius 2 is 1.81 bits per heavy atom. The van der Waals surface area contributed by atoms with E-state index in [2.05, 4.69) is 0 Å². The fourth-order valence-corrected chi connectivity index (χ4v) is 5.36. The molecule has 7 nitrogen and oxygen atoms in total. The lowest BCUT2D eigenvalue weighted by atomic mass is 10.0. The molecule has 37 heavy (non-hydrogen) atoms. The van der Waals surface area contributed by atoms with Crippen molar-refractivity contribution in [3.8, 4) is 17.2 Å². The molecule has 4 rings (SSSR count). The van der Waals surface area contributed by atoms with E-state index in [1.807, 2.05) is 61.5 Å². The van der Waals surface area contributed by atoms with Crippen molar-refractivity contribution in [3.63, 3.8) is 0 Å². The standard InChI is InChI=1S/C28H29FN2O5S/c1-18(32)35-26-27(19-10-13-24(34-4)22(29)16-19)37-25-17-21(36-20-8-6-5-7-9-20)11-12-23(25)31(28(26)33)15-14-30(2)3/h5-13,16-17,26-27H,14-15H2,1-4H3. The third-order valence-electron chi connectivity index (χ3n) is 5.81. The van der Waals surface area contributed by atoms with Crippen LogP contribution in [0.25, 0.3) is 0 Å². The van der Waals surface area contributed by atoms with E-state index in [4.69, 9.17) is 14.2 Å². The van der Waals surface area contributed by atoms with Crippen molar-refractivity contribution in [2.75, 3.05) is 39.2 Å². The summed E-state index contributed by atoms with van der Waals surface area (Å²) in [6.45, 7) is 2.23. The van der Waals surface area contributed by atoms with Crippen LogP contribution in [0.2, 0.25) is 0 Å². The zero-order chi connectivity index (χ0) is 26.5. The fraction of sp³-hybridized carbons (Fsp3) is 0.286. The SMILES string of the molecule is COc1ccc(C2Sc3cc(Oc4ccccc4)ccc3N(CCN(C)C)C(=O)C2OC(C)=O)cc1F. The van der Waals surface area contributed by atoms with E-state index in [1.165, 1.54) is 37.9 Å². The summed E-state index contributed by atoms with van der Waals surface area (Å²) in [5.74, 6) is -0.184. The molecular formula is C28H29FN2O5S. The van der Waals surface area contributed by atoms with Gasteiger partial charge in [0.2, 0.25) is 0 Å². The minimum atomic E-state index is -1.16. The lowest BCUT2D eigenvalue weighted by Crippen LogP contribution is -2.45. The number of thioether (sulfide) groups is 1. The number of hydrogen-bond donors (Lipinski definition) is 0. The first-order valence-electron chi connectivity index (χ1n) is 11.8. The molecule has 3 aromatic carbocycles. The summed E-state index contributed by atoms with van der Waals surface area (Å²) >= 11 is 1.33. The number of fused-ring (bicyclic) bond motifs is 1. The number of esters is 1. The van der Waals surface area contributed by atoms with Crippen molar-refractivity contribution >= 4 is 29.3 Å². The highest BCUT2D eigenvalue weighted by Crippen LogP contribution is 2.48. The summed E-state index contributed by atoms with van der Waals surface area (Å²) in [4.78, 5) is 30.3. The number of ether oxygens (including phenoxy) is 3. The van der Waals surface area contributed by atoms with Crippen molar-refractivity contribution in [1.82, 2.24) is 4.90 Å². The van der Waals surface area contributed by atoms with Crippen LogP contribution in [-0.4, -0.2) is 57.2 Å². The Morgan fingerprint density at radius 1 is 1.05 bits per heavy atom. The molecule has 1 amide bonds. The number of hydrogen-bond acceptors (Lipinski definition) is 7. The first-order valence-corrected chi connectivity index (χ1v) is 12.6. The van der Waals surface area contributed by atoms with Crippen molar-refractivity contribution in [1.29, 1.82) is 0 Å².